The van der Waals surface area contributed by atoms with Gasteiger partial charge in [0.2, 0.25) is 10.0 Å². The highest BCUT2D eigenvalue weighted by molar-refractivity contribution is 7.89. The topological polar surface area (TPSA) is 90.0 Å². The molecule has 1 aliphatic carbocycles. The highest BCUT2D eigenvalue weighted by Gasteiger charge is 2.51. The van der Waals surface area contributed by atoms with Gasteiger partial charge >= 0.3 is 6.03 Å². The number of benzene rings is 2. The number of rotatable bonds is 6. The lowest BCUT2D eigenvalue weighted by atomic mass is 9.87. The molecule has 2 aromatic rings. The van der Waals surface area contributed by atoms with Crippen LogP contribution in [0.2, 0.25) is 0 Å². The summed E-state index contributed by atoms with van der Waals surface area (Å²) in [5, 5.41) is 2.91. The Morgan fingerprint density at radius 1 is 0.914 bits per heavy atom. The number of sulfonamides is 1. The first kappa shape index (κ1) is 24.0. The number of hydrogen-bond acceptors (Lipinski definition) is 5. The molecule has 8 nitrogen and oxygen atoms in total. The summed E-state index contributed by atoms with van der Waals surface area (Å²) in [7, 11) is -3.58. The zero-order chi connectivity index (χ0) is 24.6. The Balaban J connectivity index is 1.25. The molecule has 0 unspecified atom stereocenters. The number of piperazine rings is 1. The van der Waals surface area contributed by atoms with E-state index in [1.54, 1.807) is 6.07 Å². The molecule has 5 rings (SSSR count). The number of aryl methyl sites for hydroxylation is 2. The van der Waals surface area contributed by atoms with Crippen molar-refractivity contribution in [1.82, 2.24) is 19.4 Å². The molecule has 0 radical (unpaired) electrons. The maximum Gasteiger partial charge on any atom is 0.326 e. The van der Waals surface area contributed by atoms with Gasteiger partial charge in [-0.2, -0.15) is 4.31 Å². The molecule has 2 heterocycles. The largest absolute Gasteiger partial charge is 0.326 e. The monoisotopic (exact) mass is 496 g/mol. The zero-order valence-electron chi connectivity index (χ0n) is 20.1. The number of urea groups is 1. The number of carbonyl (C=O) groups excluding carboxylic acids is 2. The van der Waals surface area contributed by atoms with E-state index in [9.17, 15) is 18.0 Å². The van der Waals surface area contributed by atoms with Gasteiger partial charge in [0.1, 0.15) is 5.54 Å². The quantitative estimate of drug-likeness (QED) is 0.621. The summed E-state index contributed by atoms with van der Waals surface area (Å²) in [5.74, 6) is -0.264. The third-order valence-electron chi connectivity index (χ3n) is 7.60. The predicted molar refractivity (Wildman–Crippen MR) is 132 cm³/mol. The zero-order valence-corrected chi connectivity index (χ0v) is 20.9. The van der Waals surface area contributed by atoms with E-state index >= 15 is 0 Å². The third-order valence-corrected chi connectivity index (χ3v) is 9.50. The molecule has 2 fully saturated rings. The second-order valence-corrected chi connectivity index (χ2v) is 11.5. The molecular weight excluding hydrogens is 464 g/mol. The maximum absolute atomic E-state index is 13.4. The molecule has 9 heteroatoms. The summed E-state index contributed by atoms with van der Waals surface area (Å²) in [6.45, 7) is 3.57. The molecule has 3 aliphatic rings. The summed E-state index contributed by atoms with van der Waals surface area (Å²) in [5.41, 5.74) is 2.11. The summed E-state index contributed by atoms with van der Waals surface area (Å²) in [6.07, 6.45) is 4.65. The van der Waals surface area contributed by atoms with Gasteiger partial charge in [0.05, 0.1) is 11.6 Å². The van der Waals surface area contributed by atoms with E-state index in [1.807, 2.05) is 54.3 Å². The first-order valence-electron chi connectivity index (χ1n) is 12.4. The van der Waals surface area contributed by atoms with Crippen molar-refractivity contribution in [2.45, 2.75) is 49.5 Å². The number of imide groups is 1. The molecule has 2 saturated heterocycles. The van der Waals surface area contributed by atoms with Gasteiger partial charge < -0.3 is 5.32 Å². The molecule has 1 atom stereocenters. The number of nitrogens with zero attached hydrogens (tertiary/aromatic N) is 3. The standard InChI is InChI=1S/C26H32N4O4S/c1-2-26(22-10-4-3-5-11-22)24(31)30(25(32)27-26)19-28-14-16-29(17-15-28)35(33,34)23-13-12-20-8-6-7-9-21(20)18-23/h3-5,10-13,18H,2,6-9,14-17,19H2,1H3,(H,27,32)/t26-/m1/s1. The van der Waals surface area contributed by atoms with Crippen LogP contribution in [0.4, 0.5) is 4.79 Å². The first-order chi connectivity index (χ1) is 16.8. The Morgan fingerprint density at radius 3 is 2.29 bits per heavy atom. The number of nitrogens with one attached hydrogen (secondary N) is 1. The van der Waals surface area contributed by atoms with Crippen LogP contribution in [0.25, 0.3) is 0 Å². The van der Waals surface area contributed by atoms with E-state index in [0.29, 0.717) is 37.5 Å². The lowest BCUT2D eigenvalue weighted by molar-refractivity contribution is -0.133. The maximum atomic E-state index is 13.4. The van der Waals surface area contributed by atoms with Crippen molar-refractivity contribution in [2.24, 2.45) is 0 Å². The predicted octanol–water partition coefficient (Wildman–Crippen LogP) is 2.69. The summed E-state index contributed by atoms with van der Waals surface area (Å²) in [4.78, 5) is 29.7. The molecule has 35 heavy (non-hydrogen) atoms. The number of hydrogen-bond donors (Lipinski definition) is 1. The highest BCUT2D eigenvalue weighted by Crippen LogP contribution is 2.32. The number of carbonyl (C=O) groups is 2. The van der Waals surface area contributed by atoms with Crippen LogP contribution < -0.4 is 5.32 Å². The van der Waals surface area contributed by atoms with E-state index in [4.69, 9.17) is 0 Å². The van der Waals surface area contributed by atoms with Crippen molar-refractivity contribution in [3.05, 3.63) is 65.2 Å². The fraction of sp³-hybridized carbons (Fsp3) is 0.462. The van der Waals surface area contributed by atoms with Crippen molar-refractivity contribution in [3.63, 3.8) is 0 Å². The van der Waals surface area contributed by atoms with E-state index in [1.165, 1.54) is 14.8 Å². The Kier molecular flexibility index (Phi) is 6.41. The molecule has 1 N–H and O–H groups in total. The second kappa shape index (κ2) is 9.37. The molecule has 2 aliphatic heterocycles. The van der Waals surface area contributed by atoms with Crippen molar-refractivity contribution in [1.29, 1.82) is 0 Å². The van der Waals surface area contributed by atoms with Gasteiger partial charge in [-0.15, -0.1) is 0 Å². The lowest BCUT2D eigenvalue weighted by Crippen LogP contribution is -2.52. The number of fused-ring (bicyclic) bond motifs is 1. The van der Waals surface area contributed by atoms with Crippen molar-refractivity contribution in [2.75, 3.05) is 32.8 Å². The SMILES string of the molecule is CC[C@]1(c2ccccc2)NC(=O)N(CN2CCN(S(=O)(=O)c3ccc4c(c3)CCCC4)CC2)C1=O. The van der Waals surface area contributed by atoms with Crippen LogP contribution >= 0.6 is 0 Å². The van der Waals surface area contributed by atoms with Crippen LogP contribution in [-0.2, 0) is 33.2 Å². The average molecular weight is 497 g/mol. The first-order valence-corrected chi connectivity index (χ1v) is 13.8. The van der Waals surface area contributed by atoms with Gasteiger partial charge in [0.25, 0.3) is 5.91 Å². The molecule has 0 bridgehead atoms. The average Bonchev–Trinajstić information content (AvgIpc) is 3.14. The van der Waals surface area contributed by atoms with Crippen LogP contribution in [0.3, 0.4) is 0 Å². The Hall–Kier alpha value is -2.75. The minimum absolute atomic E-state index is 0.145. The summed E-state index contributed by atoms with van der Waals surface area (Å²) < 4.78 is 28.1. The normalized spacial score (nSPS) is 23.9. The molecule has 186 valence electrons. The van der Waals surface area contributed by atoms with Gasteiger partial charge in [-0.25, -0.2) is 18.1 Å². The van der Waals surface area contributed by atoms with Gasteiger partial charge in [-0.3, -0.25) is 9.69 Å². The van der Waals surface area contributed by atoms with E-state index in [-0.39, 0.29) is 12.6 Å². The Labute approximate surface area is 206 Å². The Bertz CT molecular complexity index is 1230. The van der Waals surface area contributed by atoms with Gasteiger partial charge in [-0.05, 0) is 60.9 Å². The van der Waals surface area contributed by atoms with Crippen LogP contribution in [0.15, 0.2) is 53.4 Å². The molecular formula is C26H32N4O4S. The fourth-order valence-electron chi connectivity index (χ4n) is 5.45. The molecule has 0 aromatic heterocycles. The van der Waals surface area contributed by atoms with Crippen LogP contribution in [0.1, 0.15) is 42.9 Å². The second-order valence-electron chi connectivity index (χ2n) is 9.59. The van der Waals surface area contributed by atoms with Crippen molar-refractivity contribution < 1.29 is 18.0 Å². The van der Waals surface area contributed by atoms with E-state index in [0.717, 1.165) is 36.8 Å². The van der Waals surface area contributed by atoms with Gasteiger partial charge in [0, 0.05) is 26.2 Å². The minimum Gasteiger partial charge on any atom is -0.319 e. The van der Waals surface area contributed by atoms with Gasteiger partial charge in [-0.1, -0.05) is 43.3 Å². The summed E-state index contributed by atoms with van der Waals surface area (Å²) in [6, 6.07) is 14.4. The van der Waals surface area contributed by atoms with Crippen molar-refractivity contribution >= 4 is 22.0 Å². The van der Waals surface area contributed by atoms with Crippen LogP contribution in [0.5, 0.6) is 0 Å². The molecule has 0 saturated carbocycles. The van der Waals surface area contributed by atoms with Crippen LogP contribution in [-0.4, -0.2) is 67.3 Å². The molecule has 3 amide bonds. The highest BCUT2D eigenvalue weighted by atomic mass is 32.2. The minimum atomic E-state index is -3.58. The van der Waals surface area contributed by atoms with Crippen molar-refractivity contribution in [3.8, 4) is 0 Å². The Morgan fingerprint density at radius 2 is 1.60 bits per heavy atom. The molecule has 2 aromatic carbocycles. The van der Waals surface area contributed by atoms with Crippen LogP contribution in [0, 0.1) is 0 Å². The fourth-order valence-corrected chi connectivity index (χ4v) is 6.92. The number of amides is 3. The van der Waals surface area contributed by atoms with E-state index < -0.39 is 21.6 Å². The third kappa shape index (κ3) is 4.26. The van der Waals surface area contributed by atoms with E-state index in [2.05, 4.69) is 5.32 Å². The van der Waals surface area contributed by atoms with Gasteiger partial charge in [0.15, 0.2) is 0 Å². The summed E-state index contributed by atoms with van der Waals surface area (Å²) >= 11 is 0. The molecule has 0 spiro atoms. The smallest absolute Gasteiger partial charge is 0.319 e. The lowest BCUT2D eigenvalue weighted by Gasteiger charge is -2.35.